The van der Waals surface area contributed by atoms with Gasteiger partial charge in [-0.25, -0.2) is 4.79 Å². The van der Waals surface area contributed by atoms with Gasteiger partial charge in [0.1, 0.15) is 0 Å². The molecule has 0 saturated carbocycles. The quantitative estimate of drug-likeness (QED) is 0.769. The number of carbonyl (C=O) groups is 1. The molecule has 23 heavy (non-hydrogen) atoms. The topological polar surface area (TPSA) is 76.0 Å². The van der Waals surface area contributed by atoms with Crippen molar-refractivity contribution in [3.63, 3.8) is 0 Å². The molecule has 7 heteroatoms. The highest BCUT2D eigenvalue weighted by Gasteiger charge is 2.35. The molecule has 3 rings (SSSR count). The fourth-order valence-electron chi connectivity index (χ4n) is 3.34. The molecule has 0 aliphatic carbocycles. The van der Waals surface area contributed by atoms with E-state index in [0.717, 1.165) is 25.2 Å². The van der Waals surface area contributed by atoms with Crippen LogP contribution in [0.25, 0.3) is 0 Å². The maximum atomic E-state index is 12.4. The monoisotopic (exact) mass is 339 g/mol. The molecule has 126 valence electrons. The molecule has 0 radical (unpaired) electrons. The Balaban J connectivity index is 1.55. The standard InChI is InChI=1S/C16H22ClN3O3/c17-11-1-3-13(4-2-11)19-6-5-12(8-19)18-16(23)20-9-15(22)7-14(20)10-21/h1-4,12,14-15,21-22H,5-10H2,(H,18,23)/t12?,14-,15-/m0/s1. The van der Waals surface area contributed by atoms with Gasteiger partial charge in [0.2, 0.25) is 0 Å². The van der Waals surface area contributed by atoms with Crippen molar-refractivity contribution in [2.24, 2.45) is 0 Å². The molecule has 0 spiro atoms. The molecule has 3 N–H and O–H groups in total. The van der Waals surface area contributed by atoms with Gasteiger partial charge in [-0.2, -0.15) is 0 Å². The Bertz CT molecular complexity index is 554. The minimum absolute atomic E-state index is 0.0651. The maximum absolute atomic E-state index is 12.4. The highest BCUT2D eigenvalue weighted by molar-refractivity contribution is 6.30. The zero-order chi connectivity index (χ0) is 16.4. The Morgan fingerprint density at radius 1 is 1.30 bits per heavy atom. The van der Waals surface area contributed by atoms with Gasteiger partial charge in [-0.1, -0.05) is 11.6 Å². The Kier molecular flexibility index (Phi) is 4.94. The lowest BCUT2D eigenvalue weighted by molar-refractivity contribution is 0.153. The number of anilines is 1. The number of nitrogens with one attached hydrogen (secondary N) is 1. The van der Waals surface area contributed by atoms with Crippen molar-refractivity contribution >= 4 is 23.3 Å². The molecule has 1 aromatic rings. The van der Waals surface area contributed by atoms with Crippen LogP contribution >= 0.6 is 11.6 Å². The molecule has 3 atom stereocenters. The second kappa shape index (κ2) is 6.95. The second-order valence-corrected chi connectivity index (χ2v) is 6.67. The Labute approximate surface area is 140 Å². The van der Waals surface area contributed by atoms with Gasteiger partial charge in [-0.3, -0.25) is 0 Å². The van der Waals surface area contributed by atoms with E-state index in [1.165, 1.54) is 4.90 Å². The van der Waals surface area contributed by atoms with Gasteiger partial charge >= 0.3 is 6.03 Å². The van der Waals surface area contributed by atoms with Crippen LogP contribution in [0.1, 0.15) is 12.8 Å². The van der Waals surface area contributed by atoms with Gasteiger partial charge in [0.15, 0.2) is 0 Å². The van der Waals surface area contributed by atoms with Crippen molar-refractivity contribution < 1.29 is 15.0 Å². The van der Waals surface area contributed by atoms with E-state index in [1.807, 2.05) is 24.3 Å². The van der Waals surface area contributed by atoms with E-state index < -0.39 is 6.10 Å². The summed E-state index contributed by atoms with van der Waals surface area (Å²) in [5.74, 6) is 0. The molecular formula is C16H22ClN3O3. The van der Waals surface area contributed by atoms with Crippen LogP contribution in [0.3, 0.4) is 0 Å². The smallest absolute Gasteiger partial charge is 0.318 e. The van der Waals surface area contributed by atoms with Crippen molar-refractivity contribution in [1.82, 2.24) is 10.2 Å². The van der Waals surface area contributed by atoms with E-state index >= 15 is 0 Å². The molecular weight excluding hydrogens is 318 g/mol. The number of hydrogen-bond donors (Lipinski definition) is 3. The zero-order valence-corrected chi connectivity index (χ0v) is 13.6. The average molecular weight is 340 g/mol. The summed E-state index contributed by atoms with van der Waals surface area (Å²) in [4.78, 5) is 16.1. The Hall–Kier alpha value is -1.50. The lowest BCUT2D eigenvalue weighted by atomic mass is 10.2. The number of urea groups is 1. The molecule has 2 saturated heterocycles. The van der Waals surface area contributed by atoms with Crippen LogP contribution in [0.4, 0.5) is 10.5 Å². The summed E-state index contributed by atoms with van der Waals surface area (Å²) in [5, 5.41) is 22.7. The van der Waals surface area contributed by atoms with Crippen LogP contribution in [0.15, 0.2) is 24.3 Å². The first-order valence-corrected chi connectivity index (χ1v) is 8.31. The molecule has 2 aliphatic heterocycles. The number of likely N-dealkylation sites (tertiary alicyclic amines) is 1. The molecule has 2 amide bonds. The van der Waals surface area contributed by atoms with E-state index in [1.54, 1.807) is 0 Å². The summed E-state index contributed by atoms with van der Waals surface area (Å²) in [6.45, 7) is 1.78. The average Bonchev–Trinajstić information content (AvgIpc) is 3.14. The summed E-state index contributed by atoms with van der Waals surface area (Å²) < 4.78 is 0. The largest absolute Gasteiger partial charge is 0.394 e. The molecule has 2 heterocycles. The number of benzene rings is 1. The van der Waals surface area contributed by atoms with Gasteiger partial charge in [-0.15, -0.1) is 0 Å². The molecule has 2 fully saturated rings. The van der Waals surface area contributed by atoms with Crippen LogP contribution in [0, 0.1) is 0 Å². The van der Waals surface area contributed by atoms with Crippen molar-refractivity contribution in [1.29, 1.82) is 0 Å². The normalized spacial score (nSPS) is 27.5. The fourth-order valence-corrected chi connectivity index (χ4v) is 3.46. The predicted octanol–water partition coefficient (Wildman–Crippen LogP) is 1.06. The molecule has 0 aromatic heterocycles. The number of aliphatic hydroxyl groups excluding tert-OH is 2. The van der Waals surface area contributed by atoms with E-state index in [-0.39, 0.29) is 31.3 Å². The first-order chi connectivity index (χ1) is 11.1. The summed E-state index contributed by atoms with van der Waals surface area (Å²) in [6, 6.07) is 7.24. The van der Waals surface area contributed by atoms with Crippen molar-refractivity contribution in [2.75, 3.05) is 31.1 Å². The highest BCUT2D eigenvalue weighted by Crippen LogP contribution is 2.23. The van der Waals surface area contributed by atoms with Gasteiger partial charge in [-0.05, 0) is 37.1 Å². The van der Waals surface area contributed by atoms with Crippen molar-refractivity contribution in [3.05, 3.63) is 29.3 Å². The molecule has 1 unspecified atom stereocenters. The summed E-state index contributed by atoms with van der Waals surface area (Å²) in [7, 11) is 0. The third-order valence-electron chi connectivity index (χ3n) is 4.57. The third kappa shape index (κ3) is 3.71. The molecule has 2 aliphatic rings. The van der Waals surface area contributed by atoms with Crippen LogP contribution in [-0.2, 0) is 0 Å². The number of β-amino-alcohol motifs (C(OH)–C–C–N with tert-alkyl or cyclic N) is 1. The SMILES string of the molecule is O=C(NC1CCN(c2ccc(Cl)cc2)C1)N1C[C@@H](O)C[C@H]1CO. The maximum Gasteiger partial charge on any atom is 0.318 e. The lowest BCUT2D eigenvalue weighted by Crippen LogP contribution is -2.48. The third-order valence-corrected chi connectivity index (χ3v) is 4.82. The second-order valence-electron chi connectivity index (χ2n) is 6.24. The van der Waals surface area contributed by atoms with E-state index in [4.69, 9.17) is 11.6 Å². The molecule has 6 nitrogen and oxygen atoms in total. The van der Waals surface area contributed by atoms with Gasteiger partial charge in [0, 0.05) is 36.4 Å². The number of rotatable bonds is 3. The first-order valence-electron chi connectivity index (χ1n) is 7.93. The number of amides is 2. The van der Waals surface area contributed by atoms with Crippen LogP contribution in [0.5, 0.6) is 0 Å². The first kappa shape index (κ1) is 16.4. The minimum atomic E-state index is -0.549. The minimum Gasteiger partial charge on any atom is -0.394 e. The van der Waals surface area contributed by atoms with E-state index in [9.17, 15) is 15.0 Å². The highest BCUT2D eigenvalue weighted by atomic mass is 35.5. The van der Waals surface area contributed by atoms with Crippen LogP contribution in [-0.4, -0.2) is 65.6 Å². The van der Waals surface area contributed by atoms with Crippen molar-refractivity contribution in [3.8, 4) is 0 Å². The van der Waals surface area contributed by atoms with Crippen LogP contribution < -0.4 is 10.2 Å². The summed E-state index contributed by atoms with van der Waals surface area (Å²) >= 11 is 5.91. The Morgan fingerprint density at radius 2 is 2.04 bits per heavy atom. The summed E-state index contributed by atoms with van der Waals surface area (Å²) in [6.07, 6.45) is 0.757. The van der Waals surface area contributed by atoms with Gasteiger partial charge in [0.25, 0.3) is 0 Å². The Morgan fingerprint density at radius 3 is 2.74 bits per heavy atom. The van der Waals surface area contributed by atoms with Gasteiger partial charge < -0.3 is 25.3 Å². The number of nitrogens with zero attached hydrogens (tertiary/aromatic N) is 2. The van der Waals surface area contributed by atoms with Gasteiger partial charge in [0.05, 0.1) is 18.8 Å². The summed E-state index contributed by atoms with van der Waals surface area (Å²) in [5.41, 5.74) is 1.09. The van der Waals surface area contributed by atoms with Crippen molar-refractivity contribution in [2.45, 2.75) is 31.0 Å². The van der Waals surface area contributed by atoms with E-state index in [0.29, 0.717) is 11.4 Å². The molecule has 1 aromatic carbocycles. The number of hydrogen-bond acceptors (Lipinski definition) is 4. The number of halogens is 1. The predicted molar refractivity (Wildman–Crippen MR) is 88.8 cm³/mol. The zero-order valence-electron chi connectivity index (χ0n) is 12.9. The molecule has 0 bridgehead atoms. The van der Waals surface area contributed by atoms with Crippen LogP contribution in [0.2, 0.25) is 5.02 Å². The number of carbonyl (C=O) groups excluding carboxylic acids is 1. The van der Waals surface area contributed by atoms with E-state index in [2.05, 4.69) is 10.2 Å². The lowest BCUT2D eigenvalue weighted by Gasteiger charge is -2.25. The fraction of sp³-hybridized carbons (Fsp3) is 0.562. The number of aliphatic hydroxyl groups is 2.